The summed E-state index contributed by atoms with van der Waals surface area (Å²) in [5, 5.41) is 0. The molecule has 0 N–H and O–H groups in total. The summed E-state index contributed by atoms with van der Waals surface area (Å²) in [5.74, 6) is 1.59. The highest BCUT2D eigenvalue weighted by molar-refractivity contribution is 5.67. The van der Waals surface area contributed by atoms with Gasteiger partial charge in [-0.05, 0) is 51.7 Å². The van der Waals surface area contributed by atoms with Crippen molar-refractivity contribution in [3.63, 3.8) is 0 Å². The second kappa shape index (κ2) is 10.3. The summed E-state index contributed by atoms with van der Waals surface area (Å²) in [7, 11) is 5.40. The lowest BCUT2D eigenvalue weighted by Gasteiger charge is -2.22. The molecular formula is C20H37N3O2. The van der Waals surface area contributed by atoms with E-state index in [1.165, 1.54) is 16.2 Å². The molecule has 25 heavy (non-hydrogen) atoms. The van der Waals surface area contributed by atoms with E-state index in [0.29, 0.717) is 5.92 Å². The number of ether oxygens (including phenoxy) is 1. The van der Waals surface area contributed by atoms with Crippen LogP contribution < -0.4 is 4.90 Å². The molecular weight excluding hydrogens is 314 g/mol. The molecule has 1 aromatic heterocycles. The number of hydrogen-bond acceptors (Lipinski definition) is 4. The maximum atomic E-state index is 10.9. The Balaban J connectivity index is 0.000000504. The molecule has 0 unspecified atom stereocenters. The van der Waals surface area contributed by atoms with E-state index in [2.05, 4.69) is 51.8 Å². The predicted octanol–water partition coefficient (Wildman–Crippen LogP) is 4.71. The van der Waals surface area contributed by atoms with Gasteiger partial charge in [-0.15, -0.1) is 0 Å². The van der Waals surface area contributed by atoms with Gasteiger partial charge in [-0.25, -0.2) is 9.78 Å². The molecule has 0 aliphatic heterocycles. The average molecular weight is 352 g/mol. The molecule has 0 atom stereocenters. The van der Waals surface area contributed by atoms with Crippen LogP contribution in [-0.2, 0) is 11.2 Å². The van der Waals surface area contributed by atoms with Gasteiger partial charge in [0, 0.05) is 33.4 Å². The van der Waals surface area contributed by atoms with Crippen LogP contribution in [0.15, 0.2) is 12.1 Å². The summed E-state index contributed by atoms with van der Waals surface area (Å²) in [5.41, 5.74) is 2.23. The third-order valence-electron chi connectivity index (χ3n) is 3.55. The molecule has 0 saturated heterocycles. The van der Waals surface area contributed by atoms with Crippen LogP contribution >= 0.6 is 0 Å². The summed E-state index contributed by atoms with van der Waals surface area (Å²) < 4.78 is 4.99. The molecule has 0 radical (unpaired) electrons. The van der Waals surface area contributed by atoms with Crippen molar-refractivity contribution < 1.29 is 9.53 Å². The van der Waals surface area contributed by atoms with Crippen LogP contribution in [0.5, 0.6) is 0 Å². The number of aromatic nitrogens is 1. The van der Waals surface area contributed by atoms with Gasteiger partial charge in [0.15, 0.2) is 0 Å². The number of anilines is 1. The highest BCUT2D eigenvalue weighted by Crippen LogP contribution is 2.21. The first-order valence-corrected chi connectivity index (χ1v) is 9.04. The van der Waals surface area contributed by atoms with Crippen LogP contribution in [0.25, 0.3) is 0 Å². The zero-order valence-electron chi connectivity index (χ0n) is 17.8. The largest absolute Gasteiger partial charge is 0.444 e. The molecule has 1 aromatic rings. The molecule has 0 bridgehead atoms. The maximum Gasteiger partial charge on any atom is 0.409 e. The minimum atomic E-state index is -0.388. The topological polar surface area (TPSA) is 45.7 Å². The van der Waals surface area contributed by atoms with Crippen LogP contribution in [-0.4, -0.2) is 49.3 Å². The summed E-state index contributed by atoms with van der Waals surface area (Å²) in [4.78, 5) is 19.2. The van der Waals surface area contributed by atoms with Crippen LogP contribution in [0, 0.1) is 0 Å². The Labute approximate surface area is 154 Å². The molecule has 5 nitrogen and oxygen atoms in total. The van der Waals surface area contributed by atoms with Gasteiger partial charge in [0.1, 0.15) is 11.4 Å². The molecule has 144 valence electrons. The number of aryl methyl sites for hydroxylation is 1. The fraction of sp³-hybridized carbons (Fsp3) is 0.700. The first-order chi connectivity index (χ1) is 11.4. The van der Waals surface area contributed by atoms with Gasteiger partial charge in [-0.3, -0.25) is 0 Å². The molecule has 0 aliphatic rings. The molecule has 0 fully saturated rings. The van der Waals surface area contributed by atoms with E-state index in [1.54, 1.807) is 14.1 Å². The minimum absolute atomic E-state index is 0.299. The first-order valence-electron chi connectivity index (χ1n) is 9.04. The van der Waals surface area contributed by atoms with Crippen LogP contribution in [0.4, 0.5) is 10.6 Å². The van der Waals surface area contributed by atoms with Crippen molar-refractivity contribution in [1.29, 1.82) is 0 Å². The predicted molar refractivity (Wildman–Crippen MR) is 107 cm³/mol. The number of nitrogens with zero attached hydrogens (tertiary/aromatic N) is 3. The second-order valence-electron chi connectivity index (χ2n) is 7.61. The highest BCUT2D eigenvalue weighted by Gasteiger charge is 2.16. The second-order valence-corrected chi connectivity index (χ2v) is 7.61. The van der Waals surface area contributed by atoms with Gasteiger partial charge in [0.05, 0.1) is 0 Å². The van der Waals surface area contributed by atoms with E-state index in [1.807, 2.05) is 20.8 Å². The number of rotatable bonds is 4. The van der Waals surface area contributed by atoms with Gasteiger partial charge < -0.3 is 14.5 Å². The quantitative estimate of drug-likeness (QED) is 0.788. The summed E-state index contributed by atoms with van der Waals surface area (Å²) in [6.07, 6.45) is 0.767. The summed E-state index contributed by atoms with van der Waals surface area (Å²) in [6, 6.07) is 4.33. The van der Waals surface area contributed by atoms with E-state index >= 15 is 0 Å². The van der Waals surface area contributed by atoms with E-state index in [0.717, 1.165) is 18.8 Å². The van der Waals surface area contributed by atoms with Crippen LogP contribution in [0.1, 0.15) is 65.6 Å². The van der Waals surface area contributed by atoms with Crippen molar-refractivity contribution in [3.8, 4) is 0 Å². The zero-order chi connectivity index (χ0) is 19.8. The standard InChI is InChI=1S/C13H22N2.C7H15NO2/c1-6-11-8-9-12(15(5)7-2)14-13(11)10(3)4;1-7(2,3)10-6(9)8(4)5/h8-10H,6-7H2,1-5H3;1-5H3. The lowest BCUT2D eigenvalue weighted by atomic mass is 10.0. The third-order valence-corrected chi connectivity index (χ3v) is 3.55. The fourth-order valence-corrected chi connectivity index (χ4v) is 2.02. The maximum absolute atomic E-state index is 10.9. The van der Waals surface area contributed by atoms with Crippen LogP contribution in [0.3, 0.4) is 0 Å². The van der Waals surface area contributed by atoms with E-state index in [-0.39, 0.29) is 11.7 Å². The highest BCUT2D eigenvalue weighted by atomic mass is 16.6. The number of carbonyl (C=O) groups is 1. The smallest absolute Gasteiger partial charge is 0.409 e. The Bertz CT molecular complexity index is 534. The Morgan fingerprint density at radius 3 is 2.04 bits per heavy atom. The SMILES string of the molecule is CCc1ccc(N(C)CC)nc1C(C)C.CN(C)C(=O)OC(C)(C)C. The monoisotopic (exact) mass is 351 g/mol. The lowest BCUT2D eigenvalue weighted by Crippen LogP contribution is -2.31. The Hall–Kier alpha value is -1.78. The number of carbonyl (C=O) groups excluding carboxylic acids is 1. The van der Waals surface area contributed by atoms with Gasteiger partial charge >= 0.3 is 6.09 Å². The van der Waals surface area contributed by atoms with Gasteiger partial charge in [0.25, 0.3) is 0 Å². The van der Waals surface area contributed by atoms with Gasteiger partial charge in [0.2, 0.25) is 0 Å². The first kappa shape index (κ1) is 23.2. The van der Waals surface area contributed by atoms with Crippen molar-refractivity contribution in [2.45, 2.75) is 66.4 Å². The van der Waals surface area contributed by atoms with Crippen molar-refractivity contribution in [2.24, 2.45) is 0 Å². The number of amides is 1. The summed E-state index contributed by atoms with van der Waals surface area (Å²) in [6.45, 7) is 15.3. The van der Waals surface area contributed by atoms with Crippen LogP contribution in [0.2, 0.25) is 0 Å². The Morgan fingerprint density at radius 2 is 1.72 bits per heavy atom. The van der Waals surface area contributed by atoms with Gasteiger partial charge in [-0.1, -0.05) is 26.8 Å². The molecule has 0 aromatic carbocycles. The van der Waals surface area contributed by atoms with Crippen molar-refractivity contribution >= 4 is 11.9 Å². The normalized spacial score (nSPS) is 10.8. The lowest BCUT2D eigenvalue weighted by molar-refractivity contribution is 0.0341. The fourth-order valence-electron chi connectivity index (χ4n) is 2.02. The van der Waals surface area contributed by atoms with Crippen molar-refractivity contribution in [3.05, 3.63) is 23.4 Å². The van der Waals surface area contributed by atoms with E-state index < -0.39 is 0 Å². The molecule has 0 aliphatic carbocycles. The molecule has 0 spiro atoms. The van der Waals surface area contributed by atoms with E-state index in [9.17, 15) is 4.79 Å². The molecule has 1 amide bonds. The number of hydrogen-bond donors (Lipinski definition) is 0. The van der Waals surface area contributed by atoms with Crippen molar-refractivity contribution in [1.82, 2.24) is 9.88 Å². The molecule has 5 heteroatoms. The van der Waals surface area contributed by atoms with Gasteiger partial charge in [-0.2, -0.15) is 0 Å². The molecule has 0 saturated carbocycles. The third kappa shape index (κ3) is 8.75. The van der Waals surface area contributed by atoms with Crippen molar-refractivity contribution in [2.75, 3.05) is 32.6 Å². The minimum Gasteiger partial charge on any atom is -0.444 e. The summed E-state index contributed by atoms with van der Waals surface area (Å²) >= 11 is 0. The zero-order valence-corrected chi connectivity index (χ0v) is 17.8. The van der Waals surface area contributed by atoms with E-state index in [4.69, 9.17) is 9.72 Å². The Morgan fingerprint density at radius 1 is 1.16 bits per heavy atom. The average Bonchev–Trinajstić information content (AvgIpc) is 2.52. The number of pyridine rings is 1. The Kier molecular flexibility index (Phi) is 9.53. The molecule has 1 rings (SSSR count). The molecule has 1 heterocycles.